The summed E-state index contributed by atoms with van der Waals surface area (Å²) in [5.74, 6) is -0.452. The highest BCUT2D eigenvalue weighted by molar-refractivity contribution is 9.11. The molecule has 1 aliphatic heterocycles. The molecule has 0 fully saturated rings. The van der Waals surface area contributed by atoms with E-state index in [1.54, 1.807) is 6.92 Å². The average Bonchev–Trinajstić information content (AvgIpc) is 2.74. The van der Waals surface area contributed by atoms with Crippen LogP contribution in [0.3, 0.4) is 0 Å². The van der Waals surface area contributed by atoms with E-state index in [9.17, 15) is 9.59 Å². The minimum atomic E-state index is -0.478. The fraction of sp³-hybridized carbons (Fsp3) is 0.273. The van der Waals surface area contributed by atoms with E-state index in [2.05, 4.69) is 26.6 Å². The van der Waals surface area contributed by atoms with Crippen LogP contribution < -0.4 is 10.6 Å². The molecule has 0 aliphatic carbocycles. The van der Waals surface area contributed by atoms with Crippen molar-refractivity contribution in [2.45, 2.75) is 13.0 Å². The fourth-order valence-corrected chi connectivity index (χ4v) is 3.00. The molecule has 1 aromatic heterocycles. The zero-order valence-electron chi connectivity index (χ0n) is 9.74. The first-order valence-corrected chi connectivity index (χ1v) is 6.80. The number of hydrogen-bond acceptors (Lipinski definition) is 4. The lowest BCUT2D eigenvalue weighted by atomic mass is 9.98. The van der Waals surface area contributed by atoms with Crippen molar-refractivity contribution in [3.8, 4) is 0 Å². The molecule has 0 aromatic carbocycles. The molecule has 0 saturated heterocycles. The van der Waals surface area contributed by atoms with Crippen LogP contribution in [0.2, 0.25) is 0 Å². The third-order valence-electron chi connectivity index (χ3n) is 2.60. The fourth-order valence-electron chi connectivity index (χ4n) is 1.80. The van der Waals surface area contributed by atoms with Crippen molar-refractivity contribution in [3.05, 3.63) is 32.1 Å². The number of amides is 2. The van der Waals surface area contributed by atoms with E-state index in [0.717, 1.165) is 9.35 Å². The lowest BCUT2D eigenvalue weighted by molar-refractivity contribution is -0.136. The Balaban J connectivity index is 2.45. The number of carbonyl (C=O) groups excluding carboxylic acids is 2. The quantitative estimate of drug-likeness (QED) is 0.817. The van der Waals surface area contributed by atoms with Crippen molar-refractivity contribution in [1.82, 2.24) is 10.6 Å². The third kappa shape index (κ3) is 2.41. The van der Waals surface area contributed by atoms with Crippen molar-refractivity contribution >= 4 is 39.3 Å². The van der Waals surface area contributed by atoms with E-state index in [4.69, 9.17) is 4.74 Å². The van der Waals surface area contributed by atoms with Crippen LogP contribution in [-0.2, 0) is 9.53 Å². The Hall–Kier alpha value is -1.34. The summed E-state index contributed by atoms with van der Waals surface area (Å²) in [6.07, 6.45) is 0. The number of esters is 1. The summed E-state index contributed by atoms with van der Waals surface area (Å²) in [5.41, 5.74) is 1.78. The molecule has 18 heavy (non-hydrogen) atoms. The number of allylic oxidation sites excluding steroid dienone is 1. The van der Waals surface area contributed by atoms with Crippen molar-refractivity contribution in [1.29, 1.82) is 0 Å². The monoisotopic (exact) mass is 330 g/mol. The number of hydrogen-bond donors (Lipinski definition) is 2. The zero-order chi connectivity index (χ0) is 13.3. The maximum absolute atomic E-state index is 11.8. The average molecular weight is 331 g/mol. The normalized spacial score (nSPS) is 19.3. The predicted octanol–water partition coefficient (Wildman–Crippen LogP) is 2.31. The molecule has 1 unspecified atom stereocenters. The van der Waals surface area contributed by atoms with Crippen LogP contribution in [0.1, 0.15) is 18.5 Å². The Labute approximate surface area is 116 Å². The minimum Gasteiger partial charge on any atom is -0.466 e. The van der Waals surface area contributed by atoms with Crippen LogP contribution in [0.15, 0.2) is 26.5 Å². The van der Waals surface area contributed by atoms with Gasteiger partial charge in [0, 0.05) is 5.70 Å². The van der Waals surface area contributed by atoms with Crippen LogP contribution in [0.5, 0.6) is 0 Å². The zero-order valence-corrected chi connectivity index (χ0v) is 12.1. The van der Waals surface area contributed by atoms with E-state index >= 15 is 0 Å². The molecule has 1 atom stereocenters. The predicted molar refractivity (Wildman–Crippen MR) is 71.1 cm³/mol. The van der Waals surface area contributed by atoms with E-state index in [1.807, 2.05) is 11.4 Å². The van der Waals surface area contributed by atoms with E-state index in [-0.39, 0.29) is 6.03 Å². The molecule has 2 rings (SSSR count). The van der Waals surface area contributed by atoms with Gasteiger partial charge in [-0.2, -0.15) is 0 Å². The van der Waals surface area contributed by atoms with Gasteiger partial charge in [-0.05, 0) is 39.9 Å². The van der Waals surface area contributed by atoms with Gasteiger partial charge in [0.1, 0.15) is 0 Å². The van der Waals surface area contributed by atoms with E-state index < -0.39 is 12.0 Å². The van der Waals surface area contributed by atoms with Crippen LogP contribution in [-0.4, -0.2) is 19.1 Å². The summed E-state index contributed by atoms with van der Waals surface area (Å²) < 4.78 is 5.69. The summed E-state index contributed by atoms with van der Waals surface area (Å²) in [5, 5.41) is 7.18. The van der Waals surface area contributed by atoms with E-state index in [0.29, 0.717) is 11.3 Å². The molecule has 2 amide bonds. The summed E-state index contributed by atoms with van der Waals surface area (Å²) in [4.78, 5) is 23.3. The Bertz CT molecular complexity index is 538. The topological polar surface area (TPSA) is 67.4 Å². The number of rotatable bonds is 2. The number of urea groups is 1. The highest BCUT2D eigenvalue weighted by Crippen LogP contribution is 2.32. The molecule has 2 N–H and O–H groups in total. The minimum absolute atomic E-state index is 0.326. The Morgan fingerprint density at radius 3 is 2.83 bits per heavy atom. The molecule has 0 spiro atoms. The number of thiophene rings is 1. The summed E-state index contributed by atoms with van der Waals surface area (Å²) in [6, 6.07) is 1.07. The molecular weight excluding hydrogens is 320 g/mol. The van der Waals surface area contributed by atoms with Gasteiger partial charge in [0.25, 0.3) is 0 Å². The smallest absolute Gasteiger partial charge is 0.337 e. The van der Waals surface area contributed by atoms with Gasteiger partial charge in [0.2, 0.25) is 0 Å². The highest BCUT2D eigenvalue weighted by Gasteiger charge is 2.32. The maximum Gasteiger partial charge on any atom is 0.337 e. The highest BCUT2D eigenvalue weighted by atomic mass is 79.9. The van der Waals surface area contributed by atoms with Crippen molar-refractivity contribution in [2.24, 2.45) is 0 Å². The standard InChI is InChI=1S/C11H11BrN2O3S/c1-5-8(10(15)17-2)9(14-11(16)13-5)6-3-7(12)18-4-6/h3-4,9H,1-2H3,(H2,13,14,16). The third-order valence-corrected chi connectivity index (χ3v) is 4.12. The molecule has 5 nitrogen and oxygen atoms in total. The number of halogens is 1. The van der Waals surface area contributed by atoms with E-state index in [1.165, 1.54) is 18.4 Å². The molecular formula is C11H11BrN2O3S. The molecule has 0 bridgehead atoms. The molecule has 7 heteroatoms. The summed E-state index contributed by atoms with van der Waals surface area (Å²) >= 11 is 4.85. The van der Waals surface area contributed by atoms with Crippen molar-refractivity contribution in [3.63, 3.8) is 0 Å². The number of carbonyl (C=O) groups is 2. The molecule has 1 aliphatic rings. The second-order valence-electron chi connectivity index (χ2n) is 3.75. The SMILES string of the molecule is COC(=O)C1=C(C)NC(=O)NC1c1csc(Br)c1. The van der Waals surface area contributed by atoms with Gasteiger partial charge in [-0.1, -0.05) is 0 Å². The Morgan fingerprint density at radius 1 is 1.56 bits per heavy atom. The van der Waals surface area contributed by atoms with Crippen molar-refractivity contribution < 1.29 is 14.3 Å². The number of nitrogens with one attached hydrogen (secondary N) is 2. The Morgan fingerprint density at radius 2 is 2.28 bits per heavy atom. The maximum atomic E-state index is 11.8. The summed E-state index contributed by atoms with van der Waals surface area (Å²) in [6.45, 7) is 1.68. The largest absolute Gasteiger partial charge is 0.466 e. The van der Waals surface area contributed by atoms with Crippen LogP contribution in [0, 0.1) is 0 Å². The van der Waals surface area contributed by atoms with Gasteiger partial charge in [0.05, 0.1) is 22.5 Å². The van der Waals surface area contributed by atoms with Gasteiger partial charge in [0.15, 0.2) is 0 Å². The van der Waals surface area contributed by atoms with Gasteiger partial charge < -0.3 is 15.4 Å². The molecule has 2 heterocycles. The van der Waals surface area contributed by atoms with Crippen LogP contribution in [0.4, 0.5) is 4.79 Å². The first kappa shape index (κ1) is 13.1. The lowest BCUT2D eigenvalue weighted by Gasteiger charge is -2.26. The first-order valence-electron chi connectivity index (χ1n) is 5.13. The van der Waals surface area contributed by atoms with Gasteiger partial charge in [-0.3, -0.25) is 0 Å². The van der Waals surface area contributed by atoms with Crippen molar-refractivity contribution in [2.75, 3.05) is 7.11 Å². The lowest BCUT2D eigenvalue weighted by Crippen LogP contribution is -2.45. The summed E-state index contributed by atoms with van der Waals surface area (Å²) in [7, 11) is 1.32. The molecule has 0 radical (unpaired) electrons. The first-order chi connectivity index (χ1) is 8.52. The number of ether oxygens (including phenoxy) is 1. The Kier molecular flexibility index (Phi) is 3.72. The van der Waals surface area contributed by atoms with Gasteiger partial charge >= 0.3 is 12.0 Å². The molecule has 96 valence electrons. The number of methoxy groups -OCH3 is 1. The van der Waals surface area contributed by atoms with Gasteiger partial charge in [-0.15, -0.1) is 11.3 Å². The second kappa shape index (κ2) is 5.11. The van der Waals surface area contributed by atoms with Crippen LogP contribution in [0.25, 0.3) is 0 Å². The molecule has 1 aromatic rings. The van der Waals surface area contributed by atoms with Crippen LogP contribution >= 0.6 is 27.3 Å². The second-order valence-corrected chi connectivity index (χ2v) is 6.04. The molecule has 0 saturated carbocycles. The van der Waals surface area contributed by atoms with Gasteiger partial charge in [-0.25, -0.2) is 9.59 Å².